The highest BCUT2D eigenvalue weighted by molar-refractivity contribution is 5.27. The van der Waals surface area contributed by atoms with E-state index < -0.39 is 0 Å². The number of halogens is 1. The zero-order valence-corrected chi connectivity index (χ0v) is 9.17. The van der Waals surface area contributed by atoms with E-state index in [-0.39, 0.29) is 11.9 Å². The number of nitrogens with two attached hydrogens (primary N) is 1. The molecule has 0 heterocycles. The van der Waals surface area contributed by atoms with Crippen molar-refractivity contribution in [3.63, 3.8) is 0 Å². The SMILES string of the molecule is Cc1ccc(F)c(C(N)C2CCCC2)c1. The molecule has 0 radical (unpaired) electrons. The fraction of sp³-hybridized carbons (Fsp3) is 0.538. The van der Waals surface area contributed by atoms with E-state index in [1.807, 2.05) is 13.0 Å². The smallest absolute Gasteiger partial charge is 0.127 e. The van der Waals surface area contributed by atoms with Crippen molar-refractivity contribution in [3.05, 3.63) is 35.1 Å². The van der Waals surface area contributed by atoms with Crippen molar-refractivity contribution < 1.29 is 4.39 Å². The predicted octanol–water partition coefficient (Wildman–Crippen LogP) is 3.32. The quantitative estimate of drug-likeness (QED) is 0.791. The van der Waals surface area contributed by atoms with Gasteiger partial charge in [0.05, 0.1) is 0 Å². The first-order chi connectivity index (χ1) is 7.18. The van der Waals surface area contributed by atoms with Gasteiger partial charge in [-0.3, -0.25) is 0 Å². The summed E-state index contributed by atoms with van der Waals surface area (Å²) >= 11 is 0. The van der Waals surface area contributed by atoms with E-state index in [0.29, 0.717) is 11.5 Å². The minimum atomic E-state index is -0.153. The molecule has 0 bridgehead atoms. The molecule has 1 aromatic carbocycles. The molecule has 0 aliphatic heterocycles. The molecule has 15 heavy (non-hydrogen) atoms. The summed E-state index contributed by atoms with van der Waals surface area (Å²) in [5, 5.41) is 0. The van der Waals surface area contributed by atoms with Gasteiger partial charge < -0.3 is 5.73 Å². The maximum Gasteiger partial charge on any atom is 0.127 e. The molecule has 1 atom stereocenters. The highest BCUT2D eigenvalue weighted by atomic mass is 19.1. The molecule has 1 nitrogen and oxygen atoms in total. The van der Waals surface area contributed by atoms with Crippen molar-refractivity contribution in [1.82, 2.24) is 0 Å². The Morgan fingerprint density at radius 3 is 2.67 bits per heavy atom. The Bertz CT molecular complexity index is 342. The molecule has 0 saturated heterocycles. The fourth-order valence-electron chi connectivity index (χ4n) is 2.49. The van der Waals surface area contributed by atoms with Gasteiger partial charge in [-0.2, -0.15) is 0 Å². The molecule has 1 aliphatic carbocycles. The topological polar surface area (TPSA) is 26.0 Å². The van der Waals surface area contributed by atoms with Crippen LogP contribution in [0.15, 0.2) is 18.2 Å². The number of hydrogen-bond donors (Lipinski definition) is 1. The highest BCUT2D eigenvalue weighted by Crippen LogP contribution is 2.35. The van der Waals surface area contributed by atoms with Crippen LogP contribution in [-0.4, -0.2) is 0 Å². The van der Waals surface area contributed by atoms with Crippen molar-refractivity contribution in [2.75, 3.05) is 0 Å². The molecule has 0 spiro atoms. The summed E-state index contributed by atoms with van der Waals surface area (Å²) in [6, 6.07) is 5.09. The van der Waals surface area contributed by atoms with E-state index in [2.05, 4.69) is 0 Å². The summed E-state index contributed by atoms with van der Waals surface area (Å²) in [6.45, 7) is 1.98. The van der Waals surface area contributed by atoms with Crippen LogP contribution >= 0.6 is 0 Å². The van der Waals surface area contributed by atoms with Crippen LogP contribution < -0.4 is 5.73 Å². The zero-order chi connectivity index (χ0) is 10.8. The summed E-state index contributed by atoms with van der Waals surface area (Å²) < 4.78 is 13.6. The van der Waals surface area contributed by atoms with Gasteiger partial charge in [0, 0.05) is 11.6 Å². The summed E-state index contributed by atoms with van der Waals surface area (Å²) in [7, 11) is 0. The Hall–Kier alpha value is -0.890. The number of hydrogen-bond acceptors (Lipinski definition) is 1. The summed E-state index contributed by atoms with van der Waals surface area (Å²) in [6.07, 6.45) is 4.78. The van der Waals surface area contributed by atoms with E-state index in [1.165, 1.54) is 18.9 Å². The first-order valence-corrected chi connectivity index (χ1v) is 5.70. The Kier molecular flexibility index (Phi) is 3.06. The van der Waals surface area contributed by atoms with Crippen LogP contribution in [0.25, 0.3) is 0 Å². The minimum absolute atomic E-state index is 0.118. The molecule has 82 valence electrons. The summed E-state index contributed by atoms with van der Waals surface area (Å²) in [4.78, 5) is 0. The highest BCUT2D eigenvalue weighted by Gasteiger charge is 2.25. The second-order valence-corrected chi connectivity index (χ2v) is 4.60. The normalized spacial score (nSPS) is 19.4. The molecule has 1 aliphatic rings. The van der Waals surface area contributed by atoms with Gasteiger partial charge in [0.25, 0.3) is 0 Å². The predicted molar refractivity (Wildman–Crippen MR) is 60.0 cm³/mol. The van der Waals surface area contributed by atoms with Crippen LogP contribution in [0.3, 0.4) is 0 Å². The second kappa shape index (κ2) is 4.31. The van der Waals surface area contributed by atoms with Crippen molar-refractivity contribution in [3.8, 4) is 0 Å². The maximum absolute atomic E-state index is 13.6. The van der Waals surface area contributed by atoms with Crippen molar-refractivity contribution in [1.29, 1.82) is 0 Å². The molecule has 2 heteroatoms. The number of benzene rings is 1. The lowest BCUT2D eigenvalue weighted by Crippen LogP contribution is -2.20. The monoisotopic (exact) mass is 207 g/mol. The van der Waals surface area contributed by atoms with Crippen molar-refractivity contribution in [2.24, 2.45) is 11.7 Å². The van der Waals surface area contributed by atoms with Gasteiger partial charge in [-0.1, -0.05) is 30.5 Å². The van der Waals surface area contributed by atoms with Crippen LogP contribution in [0, 0.1) is 18.7 Å². The Balaban J connectivity index is 2.23. The first kappa shape index (κ1) is 10.6. The third-order valence-corrected chi connectivity index (χ3v) is 3.42. The van der Waals surface area contributed by atoms with Gasteiger partial charge in [0.2, 0.25) is 0 Å². The van der Waals surface area contributed by atoms with Gasteiger partial charge >= 0.3 is 0 Å². The van der Waals surface area contributed by atoms with Crippen molar-refractivity contribution >= 4 is 0 Å². The molecule has 1 aromatic rings. The lowest BCUT2D eigenvalue weighted by Gasteiger charge is -2.20. The molecule has 1 fully saturated rings. The van der Waals surface area contributed by atoms with Crippen LogP contribution in [-0.2, 0) is 0 Å². The van der Waals surface area contributed by atoms with Gasteiger partial charge in [-0.05, 0) is 31.7 Å². The van der Waals surface area contributed by atoms with Gasteiger partial charge in [-0.15, -0.1) is 0 Å². The fourth-order valence-corrected chi connectivity index (χ4v) is 2.49. The molecular formula is C13H18FN. The lowest BCUT2D eigenvalue weighted by atomic mass is 9.91. The summed E-state index contributed by atoms with van der Waals surface area (Å²) in [5.74, 6) is 0.321. The maximum atomic E-state index is 13.6. The Morgan fingerprint density at radius 2 is 2.00 bits per heavy atom. The standard InChI is InChI=1S/C13H18FN/c1-9-6-7-12(14)11(8-9)13(15)10-4-2-3-5-10/h6-8,10,13H,2-5,15H2,1H3. The lowest BCUT2D eigenvalue weighted by molar-refractivity contribution is 0.428. The average molecular weight is 207 g/mol. The first-order valence-electron chi connectivity index (χ1n) is 5.70. The van der Waals surface area contributed by atoms with Crippen LogP contribution in [0.1, 0.15) is 42.9 Å². The molecule has 2 N–H and O–H groups in total. The molecule has 1 saturated carbocycles. The third kappa shape index (κ3) is 2.20. The molecule has 1 unspecified atom stereocenters. The zero-order valence-electron chi connectivity index (χ0n) is 9.17. The summed E-state index contributed by atoms with van der Waals surface area (Å²) in [5.41, 5.74) is 7.91. The average Bonchev–Trinajstić information content (AvgIpc) is 2.74. The number of aryl methyl sites for hydroxylation is 1. The van der Waals surface area contributed by atoms with Crippen LogP contribution in [0.2, 0.25) is 0 Å². The van der Waals surface area contributed by atoms with E-state index in [0.717, 1.165) is 18.4 Å². The van der Waals surface area contributed by atoms with Crippen LogP contribution in [0.5, 0.6) is 0 Å². The van der Waals surface area contributed by atoms with E-state index in [4.69, 9.17) is 5.73 Å². The van der Waals surface area contributed by atoms with Gasteiger partial charge in [0.1, 0.15) is 5.82 Å². The van der Waals surface area contributed by atoms with E-state index in [1.54, 1.807) is 6.07 Å². The second-order valence-electron chi connectivity index (χ2n) is 4.60. The third-order valence-electron chi connectivity index (χ3n) is 3.42. The van der Waals surface area contributed by atoms with Crippen molar-refractivity contribution in [2.45, 2.75) is 38.6 Å². The molecule has 0 aromatic heterocycles. The largest absolute Gasteiger partial charge is 0.324 e. The van der Waals surface area contributed by atoms with Gasteiger partial charge in [0.15, 0.2) is 0 Å². The van der Waals surface area contributed by atoms with E-state index >= 15 is 0 Å². The molecule has 2 rings (SSSR count). The number of rotatable bonds is 2. The molecule has 0 amide bonds. The Morgan fingerprint density at radius 1 is 1.33 bits per heavy atom. The van der Waals surface area contributed by atoms with Crippen LogP contribution in [0.4, 0.5) is 4.39 Å². The minimum Gasteiger partial charge on any atom is -0.324 e. The molecular weight excluding hydrogens is 189 g/mol. The van der Waals surface area contributed by atoms with E-state index in [9.17, 15) is 4.39 Å². The Labute approximate surface area is 90.5 Å². The van der Waals surface area contributed by atoms with Gasteiger partial charge in [-0.25, -0.2) is 4.39 Å².